The zero-order valence-corrected chi connectivity index (χ0v) is 8.95. The van der Waals surface area contributed by atoms with Crippen LogP contribution >= 0.6 is 0 Å². The molecule has 0 spiro atoms. The van der Waals surface area contributed by atoms with Gasteiger partial charge in [-0.1, -0.05) is 30.3 Å². The number of benzene rings is 1. The van der Waals surface area contributed by atoms with Crippen LogP contribution in [0.1, 0.15) is 5.56 Å². The highest BCUT2D eigenvalue weighted by molar-refractivity contribution is 5.13. The van der Waals surface area contributed by atoms with E-state index in [0.717, 1.165) is 5.56 Å². The van der Waals surface area contributed by atoms with Gasteiger partial charge in [0, 0.05) is 0 Å². The van der Waals surface area contributed by atoms with Crippen LogP contribution in [0, 0.1) is 0 Å². The molecule has 4 nitrogen and oxygen atoms in total. The Bertz CT molecular complexity index is 314. The molecule has 0 bridgehead atoms. The van der Waals surface area contributed by atoms with Crippen molar-refractivity contribution in [3.8, 4) is 0 Å². The summed E-state index contributed by atoms with van der Waals surface area (Å²) in [5.41, 5.74) is 1.08. The third-order valence-corrected chi connectivity index (χ3v) is 2.65. The highest BCUT2D eigenvalue weighted by Crippen LogP contribution is 2.15. The van der Waals surface area contributed by atoms with Crippen molar-refractivity contribution < 1.29 is 19.7 Å². The highest BCUT2D eigenvalue weighted by Gasteiger charge is 2.34. The molecule has 0 saturated carbocycles. The Labute approximate surface area is 94.4 Å². The minimum Gasteiger partial charge on any atom is -0.388 e. The number of aliphatic hydroxyl groups excluding tert-OH is 2. The molecule has 0 radical (unpaired) electrons. The van der Waals surface area contributed by atoms with Gasteiger partial charge in [0.1, 0.15) is 18.3 Å². The highest BCUT2D eigenvalue weighted by atomic mass is 16.6. The van der Waals surface area contributed by atoms with Gasteiger partial charge >= 0.3 is 0 Å². The SMILES string of the molecule is O[C@H]1[C@H](O)CO[C@H]1COCc1ccccc1. The molecule has 1 aromatic rings. The van der Waals surface area contributed by atoms with Gasteiger partial charge in [-0.05, 0) is 5.56 Å². The van der Waals surface area contributed by atoms with Gasteiger partial charge in [-0.25, -0.2) is 0 Å². The van der Waals surface area contributed by atoms with Gasteiger partial charge in [0.15, 0.2) is 0 Å². The Kier molecular flexibility index (Phi) is 3.90. The third-order valence-electron chi connectivity index (χ3n) is 2.65. The Morgan fingerprint density at radius 2 is 2.00 bits per heavy atom. The van der Waals surface area contributed by atoms with Gasteiger partial charge in [0.25, 0.3) is 0 Å². The van der Waals surface area contributed by atoms with E-state index in [2.05, 4.69) is 0 Å². The molecule has 1 saturated heterocycles. The van der Waals surface area contributed by atoms with Crippen LogP contribution in [-0.2, 0) is 16.1 Å². The predicted octanol–water partition coefficient (Wildman–Crippen LogP) is 0.324. The fourth-order valence-corrected chi connectivity index (χ4v) is 1.68. The minimum atomic E-state index is -0.837. The maximum absolute atomic E-state index is 9.50. The molecule has 2 rings (SSSR count). The third kappa shape index (κ3) is 2.80. The van der Waals surface area contributed by atoms with E-state index in [4.69, 9.17) is 9.47 Å². The van der Waals surface area contributed by atoms with E-state index in [1.807, 2.05) is 30.3 Å². The lowest BCUT2D eigenvalue weighted by molar-refractivity contribution is -0.0344. The van der Waals surface area contributed by atoms with E-state index in [9.17, 15) is 10.2 Å². The maximum Gasteiger partial charge on any atom is 0.110 e. The molecular weight excluding hydrogens is 208 g/mol. The predicted molar refractivity (Wildman–Crippen MR) is 57.9 cm³/mol. The number of rotatable bonds is 4. The summed E-state index contributed by atoms with van der Waals surface area (Å²) in [5, 5.41) is 18.8. The van der Waals surface area contributed by atoms with Crippen LogP contribution < -0.4 is 0 Å². The minimum absolute atomic E-state index is 0.181. The average molecular weight is 224 g/mol. The number of aliphatic hydroxyl groups is 2. The second-order valence-corrected chi connectivity index (χ2v) is 3.93. The first-order valence-corrected chi connectivity index (χ1v) is 5.37. The zero-order chi connectivity index (χ0) is 11.4. The van der Waals surface area contributed by atoms with Crippen LogP contribution in [0.5, 0.6) is 0 Å². The summed E-state index contributed by atoms with van der Waals surface area (Å²) in [6.07, 6.45) is -2.04. The van der Waals surface area contributed by atoms with Gasteiger partial charge in [-0.15, -0.1) is 0 Å². The topological polar surface area (TPSA) is 58.9 Å². The van der Waals surface area contributed by atoms with E-state index >= 15 is 0 Å². The summed E-state index contributed by atoms with van der Waals surface area (Å²) in [5.74, 6) is 0. The molecular formula is C12H16O4. The van der Waals surface area contributed by atoms with Crippen molar-refractivity contribution in [2.24, 2.45) is 0 Å². The maximum atomic E-state index is 9.50. The smallest absolute Gasteiger partial charge is 0.110 e. The molecule has 1 heterocycles. The summed E-state index contributed by atoms with van der Waals surface area (Å²) in [7, 11) is 0. The number of hydrogen-bond donors (Lipinski definition) is 2. The molecule has 2 N–H and O–H groups in total. The molecule has 1 fully saturated rings. The Morgan fingerprint density at radius 1 is 1.25 bits per heavy atom. The molecule has 88 valence electrons. The van der Waals surface area contributed by atoms with E-state index < -0.39 is 18.3 Å². The van der Waals surface area contributed by atoms with Gasteiger partial charge in [-0.3, -0.25) is 0 Å². The van der Waals surface area contributed by atoms with Crippen molar-refractivity contribution in [1.29, 1.82) is 0 Å². The van der Waals surface area contributed by atoms with Crippen LogP contribution in [0.4, 0.5) is 0 Å². The van der Waals surface area contributed by atoms with Gasteiger partial charge in [-0.2, -0.15) is 0 Å². The standard InChI is InChI=1S/C12H16O4/c13-10-7-16-11(12(10)14)8-15-6-9-4-2-1-3-5-9/h1-5,10-14H,6-8H2/t10-,11+,12+/m1/s1. The van der Waals surface area contributed by atoms with Crippen molar-refractivity contribution in [3.05, 3.63) is 35.9 Å². The van der Waals surface area contributed by atoms with Crippen molar-refractivity contribution >= 4 is 0 Å². The van der Waals surface area contributed by atoms with E-state index in [1.54, 1.807) is 0 Å². The molecule has 1 aliphatic rings. The van der Waals surface area contributed by atoms with Crippen LogP contribution in [0.15, 0.2) is 30.3 Å². The normalized spacial score (nSPS) is 29.5. The van der Waals surface area contributed by atoms with Crippen molar-refractivity contribution in [2.45, 2.75) is 24.9 Å². The molecule has 3 atom stereocenters. The largest absolute Gasteiger partial charge is 0.388 e. The number of hydrogen-bond acceptors (Lipinski definition) is 4. The van der Waals surface area contributed by atoms with E-state index in [0.29, 0.717) is 13.2 Å². The fourth-order valence-electron chi connectivity index (χ4n) is 1.68. The Balaban J connectivity index is 1.73. The lowest BCUT2D eigenvalue weighted by Crippen LogP contribution is -2.32. The van der Waals surface area contributed by atoms with E-state index in [1.165, 1.54) is 0 Å². The van der Waals surface area contributed by atoms with Gasteiger partial charge in [0.2, 0.25) is 0 Å². The first-order valence-electron chi connectivity index (χ1n) is 5.37. The van der Waals surface area contributed by atoms with E-state index in [-0.39, 0.29) is 6.61 Å². The first kappa shape index (κ1) is 11.5. The second kappa shape index (κ2) is 5.41. The summed E-state index contributed by atoms with van der Waals surface area (Å²) < 4.78 is 10.6. The van der Waals surface area contributed by atoms with Crippen molar-refractivity contribution in [3.63, 3.8) is 0 Å². The average Bonchev–Trinajstić information content (AvgIpc) is 2.62. The molecule has 16 heavy (non-hydrogen) atoms. The summed E-state index contributed by atoms with van der Waals surface area (Å²) in [6, 6.07) is 9.79. The molecule has 0 unspecified atom stereocenters. The van der Waals surface area contributed by atoms with Crippen LogP contribution in [0.3, 0.4) is 0 Å². The molecule has 0 amide bonds. The molecule has 0 aromatic heterocycles. The lowest BCUT2D eigenvalue weighted by Gasteiger charge is -2.14. The first-order chi connectivity index (χ1) is 7.77. The molecule has 1 aromatic carbocycles. The monoisotopic (exact) mass is 224 g/mol. The zero-order valence-electron chi connectivity index (χ0n) is 8.95. The Morgan fingerprint density at radius 3 is 2.62 bits per heavy atom. The van der Waals surface area contributed by atoms with Crippen LogP contribution in [-0.4, -0.2) is 41.7 Å². The summed E-state index contributed by atoms with van der Waals surface area (Å²) >= 11 is 0. The molecule has 1 aliphatic heterocycles. The molecule has 0 aliphatic carbocycles. The number of ether oxygens (including phenoxy) is 2. The Hall–Kier alpha value is -0.940. The van der Waals surface area contributed by atoms with Crippen molar-refractivity contribution in [2.75, 3.05) is 13.2 Å². The van der Waals surface area contributed by atoms with Gasteiger partial charge < -0.3 is 19.7 Å². The summed E-state index contributed by atoms with van der Waals surface area (Å²) in [6.45, 7) is 0.969. The van der Waals surface area contributed by atoms with Gasteiger partial charge in [0.05, 0.1) is 19.8 Å². The fraction of sp³-hybridized carbons (Fsp3) is 0.500. The van der Waals surface area contributed by atoms with Crippen LogP contribution in [0.25, 0.3) is 0 Å². The lowest BCUT2D eigenvalue weighted by atomic mass is 10.1. The quantitative estimate of drug-likeness (QED) is 0.773. The molecule has 4 heteroatoms. The second-order valence-electron chi connectivity index (χ2n) is 3.93. The summed E-state index contributed by atoms with van der Waals surface area (Å²) in [4.78, 5) is 0. The van der Waals surface area contributed by atoms with Crippen LogP contribution in [0.2, 0.25) is 0 Å². The van der Waals surface area contributed by atoms with Crippen molar-refractivity contribution in [1.82, 2.24) is 0 Å².